The molecule has 1 aromatic carbocycles. The van der Waals surface area contributed by atoms with Gasteiger partial charge in [-0.1, -0.05) is 13.8 Å². The first kappa shape index (κ1) is 14.4. The monoisotopic (exact) mass is 277 g/mol. The molecule has 0 aliphatic rings. The van der Waals surface area contributed by atoms with Gasteiger partial charge in [-0.05, 0) is 42.7 Å². The van der Waals surface area contributed by atoms with Gasteiger partial charge in [0.15, 0.2) is 0 Å². The molecule has 1 N–H and O–H groups in total. The molecule has 0 bridgehead atoms. The third-order valence-corrected chi connectivity index (χ3v) is 3.03. The zero-order valence-corrected chi connectivity index (χ0v) is 11.7. The number of hydrogen-bond acceptors (Lipinski definition) is 3. The Bertz CT molecular complexity index is 562. The molecule has 0 saturated carbocycles. The summed E-state index contributed by atoms with van der Waals surface area (Å²) in [5.41, 5.74) is 1.43. The van der Waals surface area contributed by atoms with E-state index >= 15 is 0 Å². The lowest BCUT2D eigenvalue weighted by atomic mass is 10.1. The van der Waals surface area contributed by atoms with Crippen molar-refractivity contribution in [2.75, 3.05) is 5.32 Å². The normalized spacial score (nSPS) is 12.5. The minimum absolute atomic E-state index is 0.264. The summed E-state index contributed by atoms with van der Waals surface area (Å²) in [4.78, 5) is 0. The highest BCUT2D eigenvalue weighted by molar-refractivity contribution is 5.37. The fourth-order valence-corrected chi connectivity index (χ4v) is 1.86. The molecule has 1 aromatic heterocycles. The van der Waals surface area contributed by atoms with Gasteiger partial charge in [0.2, 0.25) is 0 Å². The molecular formula is C15H17F2N3. The summed E-state index contributed by atoms with van der Waals surface area (Å²) in [6.45, 7) is 5.89. The number of hydrogen-bond donors (Lipinski definition) is 1. The van der Waals surface area contributed by atoms with Crippen LogP contribution < -0.4 is 5.32 Å². The largest absolute Gasteiger partial charge is 0.362 e. The number of anilines is 1. The number of nitrogens with zero attached hydrogens (tertiary/aromatic N) is 2. The molecule has 0 saturated heterocycles. The van der Waals surface area contributed by atoms with Crippen LogP contribution in [0.5, 0.6) is 0 Å². The molecule has 0 radical (unpaired) electrons. The Morgan fingerprint density at radius 2 is 1.60 bits per heavy atom. The summed E-state index contributed by atoms with van der Waals surface area (Å²) in [5, 5.41) is 11.2. The molecule has 1 heterocycles. The van der Waals surface area contributed by atoms with Gasteiger partial charge in [-0.2, -0.15) is 5.10 Å². The molecule has 0 aliphatic carbocycles. The molecule has 3 nitrogen and oxygen atoms in total. The second kappa shape index (κ2) is 5.94. The van der Waals surface area contributed by atoms with Gasteiger partial charge in [-0.15, -0.1) is 5.10 Å². The van der Waals surface area contributed by atoms with E-state index in [1.807, 2.05) is 32.9 Å². The Hall–Kier alpha value is -2.04. The van der Waals surface area contributed by atoms with E-state index in [0.29, 0.717) is 17.3 Å². The fraction of sp³-hybridized carbons (Fsp3) is 0.333. The van der Waals surface area contributed by atoms with Crippen molar-refractivity contribution in [2.24, 2.45) is 0 Å². The van der Waals surface area contributed by atoms with Crippen molar-refractivity contribution in [3.05, 3.63) is 53.2 Å². The molecular weight excluding hydrogens is 260 g/mol. The first-order chi connectivity index (χ1) is 9.45. The second-order valence-electron chi connectivity index (χ2n) is 5.07. The van der Waals surface area contributed by atoms with E-state index in [0.717, 1.165) is 11.8 Å². The number of halogens is 2. The number of rotatable bonds is 4. The van der Waals surface area contributed by atoms with Crippen LogP contribution in [0.1, 0.15) is 44.0 Å². The molecule has 0 amide bonds. The Morgan fingerprint density at radius 1 is 0.950 bits per heavy atom. The molecule has 2 aromatic rings. The van der Waals surface area contributed by atoms with Gasteiger partial charge in [0.05, 0.1) is 11.7 Å². The Labute approximate surface area is 117 Å². The fourth-order valence-electron chi connectivity index (χ4n) is 1.86. The first-order valence-electron chi connectivity index (χ1n) is 6.52. The highest BCUT2D eigenvalue weighted by atomic mass is 19.1. The zero-order chi connectivity index (χ0) is 14.7. The first-order valence-corrected chi connectivity index (χ1v) is 6.52. The van der Waals surface area contributed by atoms with E-state index in [9.17, 15) is 8.78 Å². The summed E-state index contributed by atoms with van der Waals surface area (Å²) in [6.07, 6.45) is 0. The lowest BCUT2D eigenvalue weighted by Crippen LogP contribution is -2.09. The molecule has 1 atom stereocenters. The van der Waals surface area contributed by atoms with E-state index in [1.54, 1.807) is 0 Å². The zero-order valence-electron chi connectivity index (χ0n) is 11.7. The molecule has 20 heavy (non-hydrogen) atoms. The van der Waals surface area contributed by atoms with Crippen molar-refractivity contribution in [2.45, 2.75) is 32.7 Å². The van der Waals surface area contributed by atoms with E-state index in [-0.39, 0.29) is 6.04 Å². The third-order valence-electron chi connectivity index (χ3n) is 3.03. The quantitative estimate of drug-likeness (QED) is 0.916. The van der Waals surface area contributed by atoms with Crippen LogP contribution in [0.15, 0.2) is 30.3 Å². The molecule has 0 unspecified atom stereocenters. The predicted octanol–water partition coefficient (Wildman–Crippen LogP) is 4.05. The van der Waals surface area contributed by atoms with Crippen LogP contribution in [-0.2, 0) is 0 Å². The van der Waals surface area contributed by atoms with Crippen LogP contribution in [0.4, 0.5) is 14.6 Å². The smallest absolute Gasteiger partial charge is 0.149 e. The van der Waals surface area contributed by atoms with Gasteiger partial charge < -0.3 is 5.32 Å². The second-order valence-corrected chi connectivity index (χ2v) is 5.07. The molecule has 0 fully saturated rings. The van der Waals surface area contributed by atoms with Crippen LogP contribution in [0.2, 0.25) is 0 Å². The minimum Gasteiger partial charge on any atom is -0.362 e. The van der Waals surface area contributed by atoms with Crippen molar-refractivity contribution in [1.29, 1.82) is 0 Å². The van der Waals surface area contributed by atoms with Gasteiger partial charge in [0, 0.05) is 6.07 Å². The summed E-state index contributed by atoms with van der Waals surface area (Å²) in [5.74, 6) is -0.289. The summed E-state index contributed by atoms with van der Waals surface area (Å²) in [6, 6.07) is 6.90. The standard InChI is InChI=1S/C15H17F2N3/c1-9(2)14-4-5-15(20-19-14)18-10(3)11-6-12(16)8-13(17)7-11/h4-10H,1-3H3,(H,18,20)/t10-/m0/s1. The van der Waals surface area contributed by atoms with Crippen molar-refractivity contribution in [1.82, 2.24) is 10.2 Å². The van der Waals surface area contributed by atoms with E-state index in [4.69, 9.17) is 0 Å². The molecule has 0 aliphatic heterocycles. The maximum atomic E-state index is 13.2. The van der Waals surface area contributed by atoms with Crippen LogP contribution in [0, 0.1) is 11.6 Å². The summed E-state index contributed by atoms with van der Waals surface area (Å²) >= 11 is 0. The van der Waals surface area contributed by atoms with E-state index in [1.165, 1.54) is 12.1 Å². The van der Waals surface area contributed by atoms with E-state index < -0.39 is 11.6 Å². The third kappa shape index (κ3) is 3.50. The highest BCUT2D eigenvalue weighted by Gasteiger charge is 2.10. The molecule has 106 valence electrons. The van der Waals surface area contributed by atoms with Crippen LogP contribution in [0.3, 0.4) is 0 Å². The van der Waals surface area contributed by atoms with Gasteiger partial charge in [-0.25, -0.2) is 8.78 Å². The van der Waals surface area contributed by atoms with Gasteiger partial charge in [0.25, 0.3) is 0 Å². The molecule has 5 heteroatoms. The predicted molar refractivity (Wildman–Crippen MR) is 74.5 cm³/mol. The lowest BCUT2D eigenvalue weighted by molar-refractivity contribution is 0.577. The van der Waals surface area contributed by atoms with Crippen molar-refractivity contribution in [3.8, 4) is 0 Å². The Morgan fingerprint density at radius 3 is 2.10 bits per heavy atom. The Balaban J connectivity index is 2.12. The average molecular weight is 277 g/mol. The molecule has 2 rings (SSSR count). The van der Waals surface area contributed by atoms with E-state index in [2.05, 4.69) is 15.5 Å². The van der Waals surface area contributed by atoms with Gasteiger partial charge >= 0.3 is 0 Å². The number of benzene rings is 1. The summed E-state index contributed by atoms with van der Waals surface area (Å²) < 4.78 is 26.3. The SMILES string of the molecule is CC(C)c1ccc(N[C@@H](C)c2cc(F)cc(F)c2)nn1. The summed E-state index contributed by atoms with van der Waals surface area (Å²) in [7, 11) is 0. The van der Waals surface area contributed by atoms with Gasteiger partial charge in [-0.3, -0.25) is 0 Å². The minimum atomic E-state index is -0.588. The maximum absolute atomic E-state index is 13.2. The number of aromatic nitrogens is 2. The van der Waals surface area contributed by atoms with Crippen LogP contribution in [-0.4, -0.2) is 10.2 Å². The van der Waals surface area contributed by atoms with Crippen molar-refractivity contribution < 1.29 is 8.78 Å². The van der Waals surface area contributed by atoms with Crippen molar-refractivity contribution >= 4 is 5.82 Å². The molecule has 0 spiro atoms. The van der Waals surface area contributed by atoms with Gasteiger partial charge in [0.1, 0.15) is 17.5 Å². The lowest BCUT2D eigenvalue weighted by Gasteiger charge is -2.15. The Kier molecular flexibility index (Phi) is 4.27. The highest BCUT2D eigenvalue weighted by Crippen LogP contribution is 2.20. The van der Waals surface area contributed by atoms with Crippen molar-refractivity contribution in [3.63, 3.8) is 0 Å². The van der Waals surface area contributed by atoms with Crippen LogP contribution in [0.25, 0.3) is 0 Å². The average Bonchev–Trinajstić information content (AvgIpc) is 2.38. The topological polar surface area (TPSA) is 37.8 Å². The maximum Gasteiger partial charge on any atom is 0.149 e. The number of nitrogens with one attached hydrogen (secondary N) is 1. The van der Waals surface area contributed by atoms with Crippen LogP contribution >= 0.6 is 0 Å².